The zero-order valence-corrected chi connectivity index (χ0v) is 17.7. The molecule has 28 heavy (non-hydrogen) atoms. The Morgan fingerprint density at radius 3 is 2.75 bits per heavy atom. The highest BCUT2D eigenvalue weighted by molar-refractivity contribution is 9.10. The zero-order valence-electron chi connectivity index (χ0n) is 15.3. The third-order valence-corrected chi connectivity index (χ3v) is 6.08. The van der Waals surface area contributed by atoms with Crippen LogP contribution in [0.25, 0.3) is 0 Å². The topological polar surface area (TPSA) is 102 Å². The molecule has 3 N–H and O–H groups in total. The van der Waals surface area contributed by atoms with E-state index in [1.54, 1.807) is 6.07 Å². The van der Waals surface area contributed by atoms with Crippen LogP contribution in [0.3, 0.4) is 0 Å². The summed E-state index contributed by atoms with van der Waals surface area (Å²) in [4.78, 5) is 14.7. The van der Waals surface area contributed by atoms with Crippen LogP contribution in [0.4, 0.5) is 5.69 Å². The van der Waals surface area contributed by atoms with E-state index in [9.17, 15) is 13.2 Å². The molecular weight excluding hydrogens is 446 g/mol. The average molecular weight is 468 g/mol. The van der Waals surface area contributed by atoms with Crippen LogP contribution in [-0.2, 0) is 19.6 Å². The number of nitrogens with zero attached hydrogens (tertiary/aromatic N) is 1. The van der Waals surface area contributed by atoms with E-state index in [1.165, 1.54) is 18.2 Å². The van der Waals surface area contributed by atoms with Crippen LogP contribution in [0, 0.1) is 0 Å². The van der Waals surface area contributed by atoms with Crippen LogP contribution in [0.15, 0.2) is 57.9 Å². The van der Waals surface area contributed by atoms with Crippen molar-refractivity contribution in [3.05, 3.63) is 58.6 Å². The van der Waals surface area contributed by atoms with Gasteiger partial charge in [0, 0.05) is 23.2 Å². The first kappa shape index (κ1) is 20.9. The molecule has 1 fully saturated rings. The van der Waals surface area contributed by atoms with Gasteiger partial charge in [-0.05, 0) is 42.8 Å². The number of rotatable bonds is 5. The average Bonchev–Trinajstić information content (AvgIpc) is 2.67. The fourth-order valence-electron chi connectivity index (χ4n) is 3.09. The van der Waals surface area contributed by atoms with E-state index in [2.05, 4.69) is 21.2 Å². The maximum absolute atomic E-state index is 12.7. The van der Waals surface area contributed by atoms with E-state index in [1.807, 2.05) is 36.1 Å². The van der Waals surface area contributed by atoms with Crippen molar-refractivity contribution in [3.63, 3.8) is 0 Å². The van der Waals surface area contributed by atoms with Gasteiger partial charge in [-0.25, -0.2) is 13.6 Å². The Morgan fingerprint density at radius 2 is 2.04 bits per heavy atom. The van der Waals surface area contributed by atoms with Gasteiger partial charge >= 0.3 is 0 Å². The molecule has 0 aliphatic carbocycles. The lowest BCUT2D eigenvalue weighted by molar-refractivity contribution is -0.124. The number of primary sulfonamides is 1. The summed E-state index contributed by atoms with van der Waals surface area (Å²) in [6.45, 7) is 3.57. The summed E-state index contributed by atoms with van der Waals surface area (Å²) < 4.78 is 29.8. The summed E-state index contributed by atoms with van der Waals surface area (Å²) in [6.07, 6.45) is -0.118. The van der Waals surface area contributed by atoms with E-state index < -0.39 is 16.1 Å². The van der Waals surface area contributed by atoms with Gasteiger partial charge in [-0.1, -0.05) is 34.1 Å². The van der Waals surface area contributed by atoms with Crippen molar-refractivity contribution in [2.75, 3.05) is 25.0 Å². The number of halogens is 1. The normalized spacial score (nSPS) is 19.2. The number of benzene rings is 2. The van der Waals surface area contributed by atoms with Gasteiger partial charge in [-0.3, -0.25) is 9.69 Å². The van der Waals surface area contributed by atoms with Crippen LogP contribution >= 0.6 is 15.9 Å². The van der Waals surface area contributed by atoms with Crippen molar-refractivity contribution >= 4 is 37.5 Å². The van der Waals surface area contributed by atoms with Crippen molar-refractivity contribution in [1.29, 1.82) is 0 Å². The van der Waals surface area contributed by atoms with Crippen LogP contribution < -0.4 is 10.5 Å². The lowest BCUT2D eigenvalue weighted by atomic mass is 10.1. The van der Waals surface area contributed by atoms with E-state index >= 15 is 0 Å². The van der Waals surface area contributed by atoms with Crippen molar-refractivity contribution < 1.29 is 17.9 Å². The molecule has 0 aromatic heterocycles. The molecular formula is C19H22BrN3O4S. The molecule has 2 unspecified atom stereocenters. The van der Waals surface area contributed by atoms with Gasteiger partial charge in [0.05, 0.1) is 23.6 Å². The minimum atomic E-state index is -3.83. The van der Waals surface area contributed by atoms with Gasteiger partial charge in [0.15, 0.2) is 0 Å². The predicted octanol–water partition coefficient (Wildman–Crippen LogP) is 2.50. The van der Waals surface area contributed by atoms with Crippen LogP contribution in [0.1, 0.15) is 18.6 Å². The third kappa shape index (κ3) is 5.18. The largest absolute Gasteiger partial charge is 0.371 e. The molecule has 2 aromatic rings. The summed E-state index contributed by atoms with van der Waals surface area (Å²) in [7, 11) is -3.83. The van der Waals surface area contributed by atoms with E-state index in [0.717, 1.165) is 10.0 Å². The molecule has 1 amide bonds. The number of amides is 1. The van der Waals surface area contributed by atoms with Gasteiger partial charge in [0.2, 0.25) is 15.9 Å². The number of anilines is 1. The second-order valence-corrected chi connectivity index (χ2v) is 9.12. The van der Waals surface area contributed by atoms with Crippen molar-refractivity contribution in [3.8, 4) is 0 Å². The smallest absolute Gasteiger partial charge is 0.241 e. The Labute approximate surface area is 173 Å². The SMILES string of the molecule is CC(C(=O)Nc1cccc(S(N)(=O)=O)c1)N1CCOC(c2cccc(Br)c2)C1. The number of morpholine rings is 1. The number of hydrogen-bond acceptors (Lipinski definition) is 5. The molecule has 3 rings (SSSR count). The Kier molecular flexibility index (Phi) is 6.51. The Morgan fingerprint density at radius 1 is 1.29 bits per heavy atom. The van der Waals surface area contributed by atoms with Gasteiger partial charge < -0.3 is 10.1 Å². The standard InChI is InChI=1S/C19H22BrN3O4S/c1-13(19(24)22-16-6-3-7-17(11-16)28(21,25)26)23-8-9-27-18(12-23)14-4-2-5-15(20)10-14/h2-7,10-11,13,18H,8-9,12H2,1H3,(H,22,24)(H2,21,25,26). The molecule has 7 nitrogen and oxygen atoms in total. The highest BCUT2D eigenvalue weighted by atomic mass is 79.9. The van der Waals surface area contributed by atoms with Gasteiger partial charge in [0.1, 0.15) is 0 Å². The fourth-order valence-corrected chi connectivity index (χ4v) is 4.07. The summed E-state index contributed by atoms with van der Waals surface area (Å²) >= 11 is 3.47. The van der Waals surface area contributed by atoms with E-state index in [-0.39, 0.29) is 16.9 Å². The summed E-state index contributed by atoms with van der Waals surface area (Å²) in [5, 5.41) is 7.91. The van der Waals surface area contributed by atoms with Crippen LogP contribution in [0.2, 0.25) is 0 Å². The number of sulfonamides is 1. The summed E-state index contributed by atoms with van der Waals surface area (Å²) in [6, 6.07) is 13.4. The molecule has 9 heteroatoms. The number of nitrogens with one attached hydrogen (secondary N) is 1. The van der Waals surface area contributed by atoms with Crippen LogP contribution in [-0.4, -0.2) is 45.0 Å². The molecule has 1 aliphatic rings. The second kappa shape index (κ2) is 8.71. The van der Waals surface area contributed by atoms with Crippen molar-refractivity contribution in [1.82, 2.24) is 4.90 Å². The molecule has 1 saturated heterocycles. The first-order valence-electron chi connectivity index (χ1n) is 8.79. The van der Waals surface area contributed by atoms with Gasteiger partial charge in [0.25, 0.3) is 0 Å². The second-order valence-electron chi connectivity index (χ2n) is 6.65. The summed E-state index contributed by atoms with van der Waals surface area (Å²) in [5.41, 5.74) is 1.44. The minimum Gasteiger partial charge on any atom is -0.371 e. The number of ether oxygens (including phenoxy) is 1. The molecule has 0 radical (unpaired) electrons. The molecule has 0 bridgehead atoms. The minimum absolute atomic E-state index is 0.0426. The Hall–Kier alpha value is -1.78. The number of carbonyl (C=O) groups is 1. The van der Waals surface area contributed by atoms with Crippen molar-refractivity contribution in [2.45, 2.75) is 24.0 Å². The monoisotopic (exact) mass is 467 g/mol. The molecule has 0 spiro atoms. The summed E-state index contributed by atoms with van der Waals surface area (Å²) in [5.74, 6) is -0.221. The molecule has 2 aromatic carbocycles. The highest BCUT2D eigenvalue weighted by Gasteiger charge is 2.29. The third-order valence-electron chi connectivity index (χ3n) is 4.68. The molecule has 2 atom stereocenters. The highest BCUT2D eigenvalue weighted by Crippen LogP contribution is 2.26. The predicted molar refractivity (Wildman–Crippen MR) is 110 cm³/mol. The lowest BCUT2D eigenvalue weighted by Crippen LogP contribution is -2.48. The van der Waals surface area contributed by atoms with Crippen LogP contribution in [0.5, 0.6) is 0 Å². The quantitative estimate of drug-likeness (QED) is 0.702. The molecule has 1 heterocycles. The number of nitrogens with two attached hydrogens (primary N) is 1. The Balaban J connectivity index is 1.68. The van der Waals surface area contributed by atoms with Gasteiger partial charge in [-0.2, -0.15) is 0 Å². The first-order valence-corrected chi connectivity index (χ1v) is 11.1. The fraction of sp³-hybridized carbons (Fsp3) is 0.316. The zero-order chi connectivity index (χ0) is 20.3. The van der Waals surface area contributed by atoms with E-state index in [4.69, 9.17) is 9.88 Å². The number of carbonyl (C=O) groups excluding carboxylic acids is 1. The first-order chi connectivity index (χ1) is 13.2. The lowest BCUT2D eigenvalue weighted by Gasteiger charge is -2.36. The maximum Gasteiger partial charge on any atom is 0.241 e. The maximum atomic E-state index is 12.7. The Bertz CT molecular complexity index is 967. The molecule has 1 aliphatic heterocycles. The number of hydrogen-bond donors (Lipinski definition) is 2. The van der Waals surface area contributed by atoms with Gasteiger partial charge in [-0.15, -0.1) is 0 Å². The molecule has 150 valence electrons. The van der Waals surface area contributed by atoms with Crippen molar-refractivity contribution in [2.24, 2.45) is 5.14 Å². The van der Waals surface area contributed by atoms with E-state index in [0.29, 0.717) is 25.4 Å². The molecule has 0 saturated carbocycles.